The number of hydrogen-bond acceptors (Lipinski definition) is 11. The highest BCUT2D eigenvalue weighted by Crippen LogP contribution is 2.47. The molecule has 0 spiro atoms. The maximum absolute atomic E-state index is 13.5. The van der Waals surface area contributed by atoms with Crippen molar-refractivity contribution in [2.75, 3.05) is 32.9 Å². The van der Waals surface area contributed by atoms with Crippen LogP contribution in [0.1, 0.15) is 150 Å². The van der Waals surface area contributed by atoms with E-state index in [0.29, 0.717) is 44.7 Å². The van der Waals surface area contributed by atoms with Crippen molar-refractivity contribution in [2.24, 2.45) is 10.8 Å². The van der Waals surface area contributed by atoms with Crippen molar-refractivity contribution in [3.8, 4) is 22.3 Å². The number of aromatic nitrogens is 4. The fourth-order valence-corrected chi connectivity index (χ4v) is 13.7. The number of fused-ring (bicyclic) bond motifs is 6. The molecule has 3 N–H and O–H groups in total. The number of nitrogens with zero attached hydrogens (tertiary/aromatic N) is 5. The van der Waals surface area contributed by atoms with Gasteiger partial charge in [0, 0.05) is 46.1 Å². The number of carbonyl (C=O) groups is 4. The molecule has 2 amide bonds. The smallest absolute Gasteiger partial charge is 0.410 e. The second-order valence-electron chi connectivity index (χ2n) is 23.4. The van der Waals surface area contributed by atoms with Crippen molar-refractivity contribution < 1.29 is 38.9 Å². The highest BCUT2D eigenvalue weighted by molar-refractivity contribution is 7.16. The Hall–Kier alpha value is -7.08. The average molecular weight is 1220 g/mol. The van der Waals surface area contributed by atoms with Gasteiger partial charge >= 0.3 is 18.2 Å². The second-order valence-corrected chi connectivity index (χ2v) is 27.0. The number of aliphatic carboxylic acids is 1. The number of likely N-dealkylation sites (tertiary alicyclic amines) is 2. The van der Waals surface area contributed by atoms with Crippen LogP contribution in [0.3, 0.4) is 0 Å². The van der Waals surface area contributed by atoms with E-state index >= 15 is 0 Å². The molecular weight excluding hydrogens is 1150 g/mol. The lowest BCUT2D eigenvalue weighted by Gasteiger charge is -2.24. The first kappa shape index (κ1) is 61.0. The third-order valence-corrected chi connectivity index (χ3v) is 19.5. The molecule has 2 saturated heterocycles. The molecule has 2 fully saturated rings. The van der Waals surface area contributed by atoms with E-state index in [1.54, 1.807) is 43.9 Å². The molecule has 18 heteroatoms. The minimum Gasteiger partial charge on any atom is -0.481 e. The van der Waals surface area contributed by atoms with Crippen LogP contribution in [0.15, 0.2) is 133 Å². The number of aryl methyl sites for hydroxylation is 4. The van der Waals surface area contributed by atoms with E-state index in [2.05, 4.69) is 95.1 Å². The van der Waals surface area contributed by atoms with Crippen molar-refractivity contribution in [3.63, 3.8) is 0 Å². The lowest BCUT2D eigenvalue weighted by atomic mass is 9.91. The van der Waals surface area contributed by atoms with Gasteiger partial charge in [-0.3, -0.25) is 24.5 Å². The number of benzene rings is 4. The Morgan fingerprint density at radius 1 is 0.612 bits per heavy atom. The zero-order valence-electron chi connectivity index (χ0n) is 48.6. The first-order valence-corrected chi connectivity index (χ1v) is 31.6. The van der Waals surface area contributed by atoms with E-state index in [1.165, 1.54) is 65.4 Å². The maximum Gasteiger partial charge on any atom is 0.410 e. The van der Waals surface area contributed by atoms with Crippen molar-refractivity contribution in [1.29, 1.82) is 0 Å². The van der Waals surface area contributed by atoms with Crippen molar-refractivity contribution >= 4 is 69.9 Å². The van der Waals surface area contributed by atoms with Crippen LogP contribution in [0.5, 0.6) is 0 Å². The summed E-state index contributed by atoms with van der Waals surface area (Å²) < 4.78 is 14.9. The Labute approximate surface area is 514 Å². The van der Waals surface area contributed by atoms with Crippen LogP contribution >= 0.6 is 45.9 Å². The molecule has 6 heterocycles. The van der Waals surface area contributed by atoms with Gasteiger partial charge in [-0.15, -0.1) is 22.7 Å². The van der Waals surface area contributed by atoms with Gasteiger partial charge in [-0.1, -0.05) is 127 Å². The summed E-state index contributed by atoms with van der Waals surface area (Å²) in [6.07, 6.45) is 6.52. The van der Waals surface area contributed by atoms with Crippen LogP contribution in [-0.4, -0.2) is 97.0 Å². The number of carboxylic acid groups (broad SMARTS) is 1. The summed E-state index contributed by atoms with van der Waals surface area (Å²) in [6, 6.07) is 44.9. The van der Waals surface area contributed by atoms with E-state index in [9.17, 15) is 24.3 Å². The van der Waals surface area contributed by atoms with Gasteiger partial charge in [0.25, 0.3) is 5.91 Å². The molecule has 12 rings (SSSR count). The molecule has 85 heavy (non-hydrogen) atoms. The first-order valence-electron chi connectivity index (χ1n) is 29.2. The van der Waals surface area contributed by atoms with Crippen LogP contribution < -0.4 is 0 Å². The largest absolute Gasteiger partial charge is 0.481 e. The van der Waals surface area contributed by atoms with E-state index in [-0.39, 0.29) is 55.2 Å². The number of halogens is 2. The molecule has 2 atom stereocenters. The van der Waals surface area contributed by atoms with E-state index < -0.39 is 16.8 Å². The van der Waals surface area contributed by atoms with Gasteiger partial charge < -0.3 is 19.7 Å². The van der Waals surface area contributed by atoms with E-state index in [0.717, 1.165) is 69.2 Å². The molecule has 0 radical (unpaired) electrons. The molecule has 0 bridgehead atoms. The van der Waals surface area contributed by atoms with Crippen molar-refractivity contribution in [3.05, 3.63) is 197 Å². The molecule has 4 aliphatic rings. The summed E-state index contributed by atoms with van der Waals surface area (Å²) in [7, 11) is 0. The summed E-state index contributed by atoms with van der Waals surface area (Å²) in [5.41, 5.74) is 11.5. The predicted octanol–water partition coefficient (Wildman–Crippen LogP) is 15.6. The molecule has 2 unspecified atom stereocenters. The molecule has 8 aromatic rings. The van der Waals surface area contributed by atoms with Gasteiger partial charge in [-0.2, -0.15) is 10.2 Å². The Balaban J connectivity index is 0.000000170. The van der Waals surface area contributed by atoms with Crippen LogP contribution in [0, 0.1) is 10.8 Å². The van der Waals surface area contributed by atoms with E-state index in [1.807, 2.05) is 60.4 Å². The highest BCUT2D eigenvalue weighted by atomic mass is 35.5. The number of carbonyl (C=O) groups excluding carboxylic acids is 3. The monoisotopic (exact) mass is 1220 g/mol. The van der Waals surface area contributed by atoms with Crippen molar-refractivity contribution in [1.82, 2.24) is 29.8 Å². The topological polar surface area (TPSA) is 180 Å². The Morgan fingerprint density at radius 2 is 1.06 bits per heavy atom. The third-order valence-electron chi connectivity index (χ3n) is 16.9. The van der Waals surface area contributed by atoms with Gasteiger partial charge in [0.05, 0.1) is 49.6 Å². The number of ether oxygens (including phenoxy) is 2. The minimum atomic E-state index is -0.994. The summed E-state index contributed by atoms with van der Waals surface area (Å²) in [6.45, 7) is 10.3. The minimum absolute atomic E-state index is 0.0164. The van der Waals surface area contributed by atoms with Gasteiger partial charge in [0.1, 0.15) is 13.2 Å². The number of aromatic amines is 1. The molecule has 2 aliphatic heterocycles. The first-order chi connectivity index (χ1) is 40.9. The molecular formula is C67H72Cl2N6O8S2. The second kappa shape index (κ2) is 26.7. The van der Waals surface area contributed by atoms with Crippen LogP contribution in [-0.2, 0) is 40.0 Å². The Bertz CT molecular complexity index is 3590. The molecule has 444 valence electrons. The fourth-order valence-electron chi connectivity index (χ4n) is 11.6. The normalized spacial score (nSPS) is 16.2. The molecule has 2 aliphatic carbocycles. The van der Waals surface area contributed by atoms with Gasteiger partial charge in [0.2, 0.25) is 0 Å². The van der Waals surface area contributed by atoms with Gasteiger partial charge in [-0.25, -0.2) is 14.3 Å². The molecule has 4 aromatic heterocycles. The number of amides is 2. The fraction of sp³-hybridized carbons (Fsp3) is 0.373. The zero-order chi connectivity index (χ0) is 60.0. The SMILES string of the molecule is CC(C)(CO)C(=O)n1nc(C2CCCN2C(=O)OCC2c3ccccc3-c3ccccc32)cc1CCc1ccc(Cl)s1.CCC(C)(C)C(=O)O.O=C(OCC1c2ccccc2-c2ccccc21)N1CCCC1c1cc(CCc2ccc(Cl)s2)[nH]n1. The average Bonchev–Trinajstić information content (AvgIpc) is 3.22. The number of aliphatic hydroxyl groups is 1. The van der Waals surface area contributed by atoms with Gasteiger partial charge in [-0.05, 0) is 166 Å². The number of aliphatic hydroxyl groups excluding tert-OH is 1. The zero-order valence-corrected chi connectivity index (χ0v) is 51.7. The van der Waals surface area contributed by atoms with Crippen LogP contribution in [0.2, 0.25) is 8.67 Å². The number of hydrogen-bond donors (Lipinski definition) is 3. The summed E-state index contributed by atoms with van der Waals surface area (Å²) >= 11 is 15.3. The number of nitrogens with one attached hydrogen (secondary N) is 1. The Kier molecular flexibility index (Phi) is 19.2. The highest BCUT2D eigenvalue weighted by Gasteiger charge is 2.39. The van der Waals surface area contributed by atoms with Gasteiger partial charge in [0.15, 0.2) is 0 Å². The van der Waals surface area contributed by atoms with Crippen LogP contribution in [0.4, 0.5) is 9.59 Å². The maximum atomic E-state index is 13.5. The summed E-state index contributed by atoms with van der Waals surface area (Å²) in [5.74, 6) is -0.950. The lowest BCUT2D eigenvalue weighted by Crippen LogP contribution is -2.35. The number of carboxylic acids is 1. The quantitative estimate of drug-likeness (QED) is 0.0842. The van der Waals surface area contributed by atoms with E-state index in [4.69, 9.17) is 42.9 Å². The number of thiophene rings is 2. The predicted molar refractivity (Wildman–Crippen MR) is 335 cm³/mol. The molecule has 14 nitrogen and oxygen atoms in total. The Morgan fingerprint density at radius 3 is 1.47 bits per heavy atom. The third kappa shape index (κ3) is 13.6. The standard InChI is InChI=1S/C33H34ClN3O4S.C28H26ClN3O2S.C6H12O2/c1-33(2,20-38)31(39)37-21(13-14-22-15-16-30(34)42-22)18-28(35-37)29-12-7-17-36(29)32(40)41-19-27-25-10-5-3-8-23(25)24-9-4-6-11-26(24)27;29-27-14-13-19(35-27)12-11-18-16-25(31-30-18)26-10-5-15-32(26)28(33)34-17-24-22-8-3-1-6-20(22)21-7-2-4-9-23(21)24;1-4-6(2,3)5(7)8/h3-6,8-11,15-16,18,27,29,38H,7,12-14,17,19-20H2,1-2H3;1-4,6-9,13-14,16,24,26H,5,10-12,15,17H2,(H,30,31);4H2,1-3H3,(H,7,8). The molecule has 4 aromatic carbocycles. The summed E-state index contributed by atoms with van der Waals surface area (Å²) in [5, 5.41) is 30.8. The van der Waals surface area contributed by atoms with Crippen LogP contribution in [0.25, 0.3) is 22.3 Å². The number of rotatable bonds is 16. The van der Waals surface area contributed by atoms with Crippen molar-refractivity contribution in [2.45, 2.75) is 116 Å². The number of H-pyrrole nitrogens is 1. The summed E-state index contributed by atoms with van der Waals surface area (Å²) in [4.78, 5) is 56.3. The molecule has 0 saturated carbocycles. The lowest BCUT2D eigenvalue weighted by molar-refractivity contribution is -0.147.